The lowest BCUT2D eigenvalue weighted by Crippen LogP contribution is -2.21. The normalized spacial score (nSPS) is 11.6. The molecule has 3 N–H and O–H groups in total. The lowest BCUT2D eigenvalue weighted by Gasteiger charge is -2.14. The van der Waals surface area contributed by atoms with Crippen molar-refractivity contribution in [2.45, 2.75) is 5.38 Å². The van der Waals surface area contributed by atoms with Crippen LogP contribution in [0.15, 0.2) is 42.5 Å². The van der Waals surface area contributed by atoms with Crippen molar-refractivity contribution in [1.82, 2.24) is 11.1 Å². The summed E-state index contributed by atoms with van der Waals surface area (Å²) in [7, 11) is 3.83. The molecule has 0 aliphatic heterocycles. The predicted octanol–water partition coefficient (Wildman–Crippen LogP) is 2.79. The number of hydrogen-bond acceptors (Lipinski definition) is 4. The van der Waals surface area contributed by atoms with Gasteiger partial charge in [0.1, 0.15) is 6.61 Å². The monoisotopic (exact) mass is 284 g/mol. The summed E-state index contributed by atoms with van der Waals surface area (Å²) in [6.45, 7) is 4.72. The van der Waals surface area contributed by atoms with Crippen molar-refractivity contribution in [3.63, 3.8) is 0 Å². The van der Waals surface area contributed by atoms with Gasteiger partial charge in [-0.15, -0.1) is 11.6 Å². The molecule has 0 aliphatic rings. The van der Waals surface area contributed by atoms with Crippen LogP contribution in [0.2, 0.25) is 0 Å². The van der Waals surface area contributed by atoms with Crippen LogP contribution in [0, 0.1) is 0 Å². The summed E-state index contributed by atoms with van der Waals surface area (Å²) >= 11 is 6.18. The lowest BCUT2D eigenvalue weighted by molar-refractivity contribution is -0.139. The van der Waals surface area contributed by atoms with Gasteiger partial charge in [-0.1, -0.05) is 36.9 Å². The molecule has 4 nitrogen and oxygen atoms in total. The summed E-state index contributed by atoms with van der Waals surface area (Å²) in [5, 5.41) is -0.543. The van der Waals surface area contributed by atoms with Crippen molar-refractivity contribution in [3.8, 4) is 0 Å². The molecule has 0 radical (unpaired) electrons. The molecule has 1 aromatic rings. The fourth-order valence-electron chi connectivity index (χ4n) is 1.34. The van der Waals surface area contributed by atoms with E-state index in [1.807, 2.05) is 49.3 Å². The summed E-state index contributed by atoms with van der Waals surface area (Å²) in [6, 6.07) is 9.35. The van der Waals surface area contributed by atoms with Gasteiger partial charge in [-0.25, -0.2) is 4.79 Å². The van der Waals surface area contributed by atoms with Crippen LogP contribution in [0.5, 0.6) is 0 Å². The Kier molecular flexibility index (Phi) is 8.07. The van der Waals surface area contributed by atoms with Gasteiger partial charge < -0.3 is 15.8 Å². The summed E-state index contributed by atoms with van der Waals surface area (Å²) in [6.07, 6.45) is 0. The number of hydrogen-bond donors (Lipinski definition) is 1. The summed E-state index contributed by atoms with van der Waals surface area (Å²) < 4.78 is 5.09. The zero-order valence-corrected chi connectivity index (χ0v) is 12.2. The van der Waals surface area contributed by atoms with E-state index >= 15 is 0 Å². The Bertz CT molecular complexity index is 407. The maximum absolute atomic E-state index is 11.7. The van der Waals surface area contributed by atoms with E-state index in [9.17, 15) is 4.79 Å². The van der Waals surface area contributed by atoms with Gasteiger partial charge in [-0.2, -0.15) is 0 Å². The van der Waals surface area contributed by atoms with Gasteiger partial charge in [-0.05, 0) is 19.7 Å². The van der Waals surface area contributed by atoms with E-state index in [0.717, 1.165) is 5.56 Å². The predicted molar refractivity (Wildman–Crippen MR) is 78.7 cm³/mol. The number of halogens is 1. The third-order valence-corrected chi connectivity index (χ3v) is 2.95. The highest BCUT2D eigenvalue weighted by atomic mass is 35.5. The van der Waals surface area contributed by atoms with Gasteiger partial charge in [0.2, 0.25) is 0 Å². The zero-order chi connectivity index (χ0) is 13.5. The molecule has 0 aromatic heterocycles. The second-order valence-corrected chi connectivity index (χ2v) is 4.67. The first kappa shape index (κ1) is 17.6. The van der Waals surface area contributed by atoms with Crippen molar-refractivity contribution < 1.29 is 9.53 Å². The number of rotatable bonds is 6. The smallest absolute Gasteiger partial charge is 0.335 e. The Labute approximate surface area is 119 Å². The molecule has 0 heterocycles. The standard InChI is InChI=1S/C14H18ClNO2.H3N/c1-11(14(17)18-10-9-16(2)3)13(15)12-7-5-4-6-8-12;/h4-8,13H,1,9-10H2,2-3H3;1H3. The molecule has 0 fully saturated rings. The highest BCUT2D eigenvalue weighted by Crippen LogP contribution is 2.27. The summed E-state index contributed by atoms with van der Waals surface area (Å²) in [5.41, 5.74) is 1.11. The molecule has 5 heteroatoms. The van der Waals surface area contributed by atoms with Crippen molar-refractivity contribution in [2.75, 3.05) is 27.2 Å². The van der Waals surface area contributed by atoms with Crippen LogP contribution in [-0.2, 0) is 9.53 Å². The first-order valence-electron chi connectivity index (χ1n) is 5.72. The second-order valence-electron chi connectivity index (χ2n) is 4.24. The molecular formula is C14H21ClN2O2. The Morgan fingerprint density at radius 1 is 1.37 bits per heavy atom. The molecule has 0 amide bonds. The van der Waals surface area contributed by atoms with E-state index in [1.54, 1.807) is 0 Å². The Morgan fingerprint density at radius 3 is 2.47 bits per heavy atom. The molecule has 1 atom stereocenters. The Balaban J connectivity index is 0.00000324. The molecule has 19 heavy (non-hydrogen) atoms. The number of benzene rings is 1. The van der Waals surface area contributed by atoms with Crippen LogP contribution >= 0.6 is 11.6 Å². The first-order chi connectivity index (χ1) is 8.52. The fraction of sp³-hybridized carbons (Fsp3) is 0.357. The Hall–Kier alpha value is -1.36. The molecular weight excluding hydrogens is 264 g/mol. The molecule has 0 aliphatic carbocycles. The van der Waals surface area contributed by atoms with Crippen LogP contribution in [0.1, 0.15) is 10.9 Å². The van der Waals surface area contributed by atoms with Crippen LogP contribution in [0.25, 0.3) is 0 Å². The van der Waals surface area contributed by atoms with Crippen LogP contribution in [-0.4, -0.2) is 38.1 Å². The number of nitrogens with zero attached hydrogens (tertiary/aromatic N) is 1. The average molecular weight is 285 g/mol. The van der Waals surface area contributed by atoms with Gasteiger partial charge in [0.15, 0.2) is 0 Å². The number of likely N-dealkylation sites (N-methyl/N-ethyl adjacent to an activating group) is 1. The van der Waals surface area contributed by atoms with Crippen LogP contribution < -0.4 is 6.15 Å². The van der Waals surface area contributed by atoms with E-state index in [-0.39, 0.29) is 11.7 Å². The van der Waals surface area contributed by atoms with E-state index in [1.165, 1.54) is 0 Å². The number of ether oxygens (including phenoxy) is 1. The van der Waals surface area contributed by atoms with Gasteiger partial charge >= 0.3 is 5.97 Å². The quantitative estimate of drug-likeness (QED) is 0.496. The third kappa shape index (κ3) is 5.87. The molecule has 0 saturated heterocycles. The van der Waals surface area contributed by atoms with Gasteiger partial charge in [0, 0.05) is 6.54 Å². The van der Waals surface area contributed by atoms with E-state index in [4.69, 9.17) is 16.3 Å². The largest absolute Gasteiger partial charge is 0.461 e. The maximum atomic E-state index is 11.7. The molecule has 1 aromatic carbocycles. The first-order valence-corrected chi connectivity index (χ1v) is 6.15. The number of carbonyl (C=O) groups excluding carboxylic acids is 1. The van der Waals surface area contributed by atoms with Gasteiger partial charge in [0.25, 0.3) is 0 Å². The molecule has 1 unspecified atom stereocenters. The molecule has 106 valence electrons. The zero-order valence-electron chi connectivity index (χ0n) is 11.4. The second kappa shape index (κ2) is 8.69. The van der Waals surface area contributed by atoms with Crippen molar-refractivity contribution >= 4 is 17.6 Å². The summed E-state index contributed by atoms with van der Waals surface area (Å²) in [5.74, 6) is -0.444. The van der Waals surface area contributed by atoms with Gasteiger partial charge in [-0.3, -0.25) is 0 Å². The SMILES string of the molecule is C=C(C(=O)OCCN(C)C)C(Cl)c1ccccc1.N. The van der Waals surface area contributed by atoms with E-state index in [0.29, 0.717) is 13.2 Å². The molecule has 0 saturated carbocycles. The van der Waals surface area contributed by atoms with Crippen molar-refractivity contribution in [3.05, 3.63) is 48.0 Å². The summed E-state index contributed by atoms with van der Waals surface area (Å²) in [4.78, 5) is 13.7. The molecule has 0 spiro atoms. The van der Waals surface area contributed by atoms with Crippen LogP contribution in [0.4, 0.5) is 0 Å². The minimum atomic E-state index is -0.543. The number of alkyl halides is 1. The molecule has 1 rings (SSSR count). The highest BCUT2D eigenvalue weighted by Gasteiger charge is 2.19. The Morgan fingerprint density at radius 2 is 1.95 bits per heavy atom. The lowest BCUT2D eigenvalue weighted by atomic mass is 10.1. The minimum Gasteiger partial charge on any atom is -0.461 e. The number of carbonyl (C=O) groups is 1. The van der Waals surface area contributed by atoms with Gasteiger partial charge in [0.05, 0.1) is 11.0 Å². The van der Waals surface area contributed by atoms with Crippen molar-refractivity contribution in [2.24, 2.45) is 0 Å². The third-order valence-electron chi connectivity index (χ3n) is 2.43. The minimum absolute atomic E-state index is 0. The molecule has 0 bridgehead atoms. The fourth-order valence-corrected chi connectivity index (χ4v) is 1.57. The van der Waals surface area contributed by atoms with Crippen molar-refractivity contribution in [1.29, 1.82) is 0 Å². The van der Waals surface area contributed by atoms with E-state index in [2.05, 4.69) is 6.58 Å². The van der Waals surface area contributed by atoms with E-state index < -0.39 is 11.3 Å². The topological polar surface area (TPSA) is 64.5 Å². The van der Waals surface area contributed by atoms with Crippen LogP contribution in [0.3, 0.4) is 0 Å². The number of esters is 1. The maximum Gasteiger partial charge on any atom is 0.335 e. The highest BCUT2D eigenvalue weighted by molar-refractivity contribution is 6.25. The average Bonchev–Trinajstić information content (AvgIpc) is 2.37.